The van der Waals surface area contributed by atoms with Crippen molar-refractivity contribution in [2.75, 3.05) is 11.9 Å². The van der Waals surface area contributed by atoms with Crippen molar-refractivity contribution in [3.63, 3.8) is 0 Å². The van der Waals surface area contributed by atoms with E-state index in [1.807, 2.05) is 13.0 Å². The summed E-state index contributed by atoms with van der Waals surface area (Å²) >= 11 is 2.11. The summed E-state index contributed by atoms with van der Waals surface area (Å²) < 4.78 is 38.0. The molecular weight excluding hydrogens is 344 g/mol. The van der Waals surface area contributed by atoms with E-state index in [-0.39, 0.29) is 0 Å². The highest BCUT2D eigenvalue weighted by Crippen LogP contribution is 2.27. The van der Waals surface area contributed by atoms with Gasteiger partial charge in [-0.1, -0.05) is 6.07 Å². The maximum Gasteiger partial charge on any atom is 0.406 e. The van der Waals surface area contributed by atoms with Crippen molar-refractivity contribution in [2.45, 2.75) is 13.1 Å². The van der Waals surface area contributed by atoms with Crippen LogP contribution in [0.25, 0.3) is 0 Å². The first kappa shape index (κ1) is 14.1. The Morgan fingerprint density at radius 3 is 2.65 bits per heavy atom. The predicted molar refractivity (Wildman–Crippen MR) is 67.5 cm³/mol. The molecule has 0 heterocycles. The number of hydrogen-bond acceptors (Lipinski definition) is 2. The number of anilines is 1. The van der Waals surface area contributed by atoms with Crippen LogP contribution in [-0.2, 0) is 0 Å². The number of halogens is 4. The Morgan fingerprint density at radius 1 is 1.47 bits per heavy atom. The first-order chi connectivity index (χ1) is 7.86. The van der Waals surface area contributed by atoms with Crippen LogP contribution in [0.2, 0.25) is 0 Å². The largest absolute Gasteiger partial charge is 0.406 e. The Labute approximate surface area is 111 Å². The molecule has 0 aliphatic heterocycles. The van der Waals surface area contributed by atoms with Crippen LogP contribution in [0.15, 0.2) is 18.2 Å². The molecule has 0 aliphatic rings. The molecule has 2 nitrogen and oxygen atoms in total. The summed E-state index contributed by atoms with van der Waals surface area (Å²) in [7, 11) is 0. The van der Waals surface area contributed by atoms with Crippen LogP contribution in [0, 0.1) is 27.7 Å². The number of benzene rings is 1. The molecule has 1 aromatic rings. The molecule has 1 rings (SSSR count). The Hall–Kier alpha value is -0.970. The number of alkyl halides is 3. The Morgan fingerprint density at radius 2 is 2.12 bits per heavy atom. The highest BCUT2D eigenvalue weighted by Gasteiger charge is 2.39. The fourth-order valence-corrected chi connectivity index (χ4v) is 1.74. The lowest BCUT2D eigenvalue weighted by molar-refractivity contribution is -0.155. The van der Waals surface area contributed by atoms with Crippen LogP contribution in [0.5, 0.6) is 0 Å². The van der Waals surface area contributed by atoms with Gasteiger partial charge in [-0.2, -0.15) is 18.4 Å². The number of rotatable bonds is 3. The zero-order valence-electron chi connectivity index (χ0n) is 8.98. The average Bonchev–Trinajstić information content (AvgIpc) is 2.23. The monoisotopic (exact) mass is 354 g/mol. The van der Waals surface area contributed by atoms with Crippen molar-refractivity contribution in [2.24, 2.45) is 5.92 Å². The van der Waals surface area contributed by atoms with Crippen LogP contribution >= 0.6 is 22.6 Å². The SMILES string of the molecule is Cc1c(I)cccc1NCC(C#N)C(F)(F)F. The summed E-state index contributed by atoms with van der Waals surface area (Å²) in [6, 6.07) is 6.58. The molecule has 92 valence electrons. The van der Waals surface area contributed by atoms with E-state index in [1.165, 1.54) is 6.07 Å². The molecule has 0 aliphatic carbocycles. The third-order valence-corrected chi connectivity index (χ3v) is 3.48. The van der Waals surface area contributed by atoms with Crippen molar-refractivity contribution in [1.29, 1.82) is 5.26 Å². The maximum absolute atomic E-state index is 12.3. The van der Waals surface area contributed by atoms with Gasteiger partial charge in [-0.25, -0.2) is 0 Å². The second-order valence-electron chi connectivity index (χ2n) is 3.52. The van der Waals surface area contributed by atoms with E-state index in [4.69, 9.17) is 5.26 Å². The molecule has 17 heavy (non-hydrogen) atoms. The number of nitrogens with zero attached hydrogens (tertiary/aromatic N) is 1. The van der Waals surface area contributed by atoms with Crippen molar-refractivity contribution < 1.29 is 13.2 Å². The number of nitriles is 1. The molecule has 0 fully saturated rings. The first-order valence-corrected chi connectivity index (χ1v) is 5.89. The van der Waals surface area contributed by atoms with Gasteiger partial charge in [0.1, 0.15) is 0 Å². The van der Waals surface area contributed by atoms with Crippen LogP contribution in [0.3, 0.4) is 0 Å². The van der Waals surface area contributed by atoms with Gasteiger partial charge in [0.05, 0.1) is 6.07 Å². The summed E-state index contributed by atoms with van der Waals surface area (Å²) in [5.41, 5.74) is 1.51. The van der Waals surface area contributed by atoms with Gasteiger partial charge in [0.25, 0.3) is 0 Å². The fourth-order valence-electron chi connectivity index (χ4n) is 1.25. The van der Waals surface area contributed by atoms with Crippen molar-refractivity contribution in [3.8, 4) is 6.07 Å². The molecule has 0 aromatic heterocycles. The third-order valence-electron chi connectivity index (χ3n) is 2.32. The summed E-state index contributed by atoms with van der Waals surface area (Å²) in [5, 5.41) is 11.1. The Kier molecular flexibility index (Phi) is 4.62. The topological polar surface area (TPSA) is 35.8 Å². The number of hydrogen-bond donors (Lipinski definition) is 1. The van der Waals surface area contributed by atoms with Crippen molar-refractivity contribution >= 4 is 28.3 Å². The van der Waals surface area contributed by atoms with Gasteiger partial charge >= 0.3 is 6.18 Å². The van der Waals surface area contributed by atoms with E-state index in [2.05, 4.69) is 27.9 Å². The van der Waals surface area contributed by atoms with Gasteiger partial charge < -0.3 is 5.32 Å². The summed E-state index contributed by atoms with van der Waals surface area (Å²) in [5.74, 6) is -1.99. The summed E-state index contributed by atoms with van der Waals surface area (Å²) in [4.78, 5) is 0. The molecule has 1 N–H and O–H groups in total. The van der Waals surface area contributed by atoms with E-state index in [0.717, 1.165) is 9.13 Å². The highest BCUT2D eigenvalue weighted by molar-refractivity contribution is 14.1. The summed E-state index contributed by atoms with van der Waals surface area (Å²) in [6.45, 7) is 1.39. The maximum atomic E-state index is 12.3. The van der Waals surface area contributed by atoms with Crippen LogP contribution in [0.1, 0.15) is 5.56 Å². The minimum atomic E-state index is -4.49. The molecular formula is C11H10F3IN2. The molecule has 1 unspecified atom stereocenters. The first-order valence-electron chi connectivity index (χ1n) is 4.81. The Bertz CT molecular complexity index is 437. The van der Waals surface area contributed by atoms with E-state index >= 15 is 0 Å². The minimum absolute atomic E-state index is 0.430. The van der Waals surface area contributed by atoms with E-state index < -0.39 is 18.6 Å². The zero-order chi connectivity index (χ0) is 13.1. The molecule has 6 heteroatoms. The van der Waals surface area contributed by atoms with Crippen LogP contribution < -0.4 is 5.32 Å². The molecule has 0 saturated heterocycles. The van der Waals surface area contributed by atoms with Crippen LogP contribution in [0.4, 0.5) is 18.9 Å². The lowest BCUT2D eigenvalue weighted by atomic mass is 10.1. The second-order valence-corrected chi connectivity index (χ2v) is 4.68. The van der Waals surface area contributed by atoms with E-state index in [1.54, 1.807) is 12.1 Å². The normalized spacial score (nSPS) is 12.9. The molecule has 0 amide bonds. The van der Waals surface area contributed by atoms with Gasteiger partial charge in [-0.15, -0.1) is 0 Å². The highest BCUT2D eigenvalue weighted by atomic mass is 127. The lowest BCUT2D eigenvalue weighted by Crippen LogP contribution is -2.28. The smallest absolute Gasteiger partial charge is 0.383 e. The quantitative estimate of drug-likeness (QED) is 0.840. The Balaban J connectivity index is 2.74. The standard InChI is InChI=1S/C11H10F3IN2/c1-7-9(15)3-2-4-10(7)17-6-8(5-16)11(12,13)14/h2-4,8,17H,6H2,1H3. The van der Waals surface area contributed by atoms with Gasteiger partial charge in [0.15, 0.2) is 5.92 Å². The minimum Gasteiger partial charge on any atom is -0.383 e. The molecule has 1 aromatic carbocycles. The molecule has 1 atom stereocenters. The van der Waals surface area contributed by atoms with Gasteiger partial charge in [0, 0.05) is 15.8 Å². The lowest BCUT2D eigenvalue weighted by Gasteiger charge is -2.16. The van der Waals surface area contributed by atoms with Crippen molar-refractivity contribution in [3.05, 3.63) is 27.3 Å². The summed E-state index contributed by atoms with van der Waals surface area (Å²) in [6.07, 6.45) is -4.49. The second kappa shape index (κ2) is 5.58. The van der Waals surface area contributed by atoms with Crippen LogP contribution in [-0.4, -0.2) is 12.7 Å². The van der Waals surface area contributed by atoms with E-state index in [9.17, 15) is 13.2 Å². The predicted octanol–water partition coefficient (Wildman–Crippen LogP) is 3.71. The molecule has 0 radical (unpaired) electrons. The fraction of sp³-hybridized carbons (Fsp3) is 0.364. The molecule has 0 spiro atoms. The third kappa shape index (κ3) is 3.77. The molecule has 0 bridgehead atoms. The average molecular weight is 354 g/mol. The van der Waals surface area contributed by atoms with Gasteiger partial charge in [-0.05, 0) is 47.2 Å². The van der Waals surface area contributed by atoms with Gasteiger partial charge in [0.2, 0.25) is 0 Å². The zero-order valence-corrected chi connectivity index (χ0v) is 11.1. The van der Waals surface area contributed by atoms with E-state index in [0.29, 0.717) is 5.69 Å². The van der Waals surface area contributed by atoms with Gasteiger partial charge in [-0.3, -0.25) is 0 Å². The molecule has 0 saturated carbocycles. The number of nitrogens with one attached hydrogen (secondary N) is 1. The van der Waals surface area contributed by atoms with Crippen molar-refractivity contribution in [1.82, 2.24) is 0 Å².